The Balaban J connectivity index is 2.17. The van der Waals surface area contributed by atoms with Gasteiger partial charge in [0.2, 0.25) is 0 Å². The van der Waals surface area contributed by atoms with Gasteiger partial charge in [-0.05, 0) is 48.6 Å². The van der Waals surface area contributed by atoms with E-state index in [-0.39, 0.29) is 64.4 Å². The quantitative estimate of drug-likeness (QED) is 0.300. The number of sulfone groups is 4. The Bertz CT molecular complexity index is 2180. The van der Waals surface area contributed by atoms with Crippen LogP contribution >= 0.6 is 0 Å². The Morgan fingerprint density at radius 1 is 0.425 bits per heavy atom. The fraction of sp³-hybridized carbons (Fsp3) is 0.167. The van der Waals surface area contributed by atoms with Gasteiger partial charge in [0.1, 0.15) is 19.6 Å². The maximum absolute atomic E-state index is 12.9. The van der Waals surface area contributed by atoms with Crippen molar-refractivity contribution in [1.82, 2.24) is 19.9 Å². The first-order chi connectivity index (χ1) is 18.4. The van der Waals surface area contributed by atoms with Crippen LogP contribution in [0.25, 0.3) is 46.4 Å². The number of H-pyrrole nitrogens is 2. The van der Waals surface area contributed by atoms with Gasteiger partial charge in [0.05, 0.1) is 44.8 Å². The van der Waals surface area contributed by atoms with E-state index in [1.807, 2.05) is 0 Å². The Kier molecular flexibility index (Phi) is 6.26. The number of nitrogens with zero attached hydrogens (tertiary/aromatic N) is 2. The van der Waals surface area contributed by atoms with Crippen LogP contribution in [0.1, 0.15) is 22.8 Å². The zero-order valence-corrected chi connectivity index (χ0v) is 24.7. The van der Waals surface area contributed by atoms with E-state index in [0.717, 1.165) is 25.0 Å². The molecule has 12 nitrogen and oxygen atoms in total. The van der Waals surface area contributed by atoms with Gasteiger partial charge in [-0.3, -0.25) is 0 Å². The molecule has 0 saturated heterocycles. The van der Waals surface area contributed by atoms with Crippen molar-refractivity contribution in [3.8, 4) is 0 Å². The van der Waals surface area contributed by atoms with E-state index in [1.54, 1.807) is 0 Å². The van der Waals surface area contributed by atoms with E-state index in [9.17, 15) is 33.7 Å². The number of nitrogens with one attached hydrogen (secondary N) is 2. The summed E-state index contributed by atoms with van der Waals surface area (Å²) in [5, 5.41) is 0. The Morgan fingerprint density at radius 2 is 0.675 bits per heavy atom. The minimum Gasteiger partial charge on any atom is -0.353 e. The van der Waals surface area contributed by atoms with Crippen LogP contribution in [0.3, 0.4) is 0 Å². The van der Waals surface area contributed by atoms with E-state index < -0.39 is 39.3 Å². The lowest BCUT2D eigenvalue weighted by Gasteiger charge is -2.03. The van der Waals surface area contributed by atoms with Crippen LogP contribution in [0.5, 0.6) is 0 Å². The molecule has 0 atom stereocenters. The highest BCUT2D eigenvalue weighted by molar-refractivity contribution is 7.91. The van der Waals surface area contributed by atoms with Gasteiger partial charge in [0, 0.05) is 25.0 Å². The van der Waals surface area contributed by atoms with Crippen molar-refractivity contribution in [3.05, 3.63) is 47.0 Å². The maximum atomic E-state index is 12.9. The molecule has 0 amide bonds. The molecule has 3 aromatic rings. The zero-order chi connectivity index (χ0) is 29.4. The molecule has 8 bridgehead atoms. The van der Waals surface area contributed by atoms with E-state index in [4.69, 9.17) is 0 Å². The Morgan fingerprint density at radius 3 is 0.950 bits per heavy atom. The average Bonchev–Trinajstić information content (AvgIpc) is 3.55. The van der Waals surface area contributed by atoms with Crippen molar-refractivity contribution in [3.63, 3.8) is 0 Å². The smallest absolute Gasteiger partial charge is 0.179 e. The van der Waals surface area contributed by atoms with Gasteiger partial charge in [-0.25, -0.2) is 43.6 Å². The summed E-state index contributed by atoms with van der Waals surface area (Å²) in [6, 6.07) is 5.48. The molecule has 16 heteroatoms. The standard InChI is InChI=1S/C24H22N4O8S4/c1-37(29,30)21-13-5-7-15(25-13)22(38(2,31)32)17-9-11-19(27-17)24(40(4,35)36)20-12-10-18(28-20)23(39(3,33)34)16-8-6-14(21)26-16/h5-12,25-26H,1-4H3. The van der Waals surface area contributed by atoms with Crippen molar-refractivity contribution in [2.24, 2.45) is 0 Å². The van der Waals surface area contributed by atoms with Crippen LogP contribution in [0, 0.1) is 0 Å². The van der Waals surface area contributed by atoms with Gasteiger partial charge in [-0.2, -0.15) is 0 Å². The first kappa shape index (κ1) is 27.9. The van der Waals surface area contributed by atoms with Crippen molar-refractivity contribution in [2.45, 2.75) is 19.6 Å². The average molecular weight is 623 g/mol. The molecule has 210 valence electrons. The molecule has 3 aromatic heterocycles. The summed E-state index contributed by atoms with van der Waals surface area (Å²) in [4.78, 5) is 13.1. The predicted octanol–water partition coefficient (Wildman–Crippen LogP) is 2.27. The van der Waals surface area contributed by atoms with Crippen molar-refractivity contribution < 1.29 is 33.7 Å². The molecule has 0 saturated carbocycles. The summed E-state index contributed by atoms with van der Waals surface area (Å²) in [6.07, 6.45) is 9.08. The summed E-state index contributed by atoms with van der Waals surface area (Å²) in [6.45, 7) is 0. The zero-order valence-electron chi connectivity index (χ0n) is 21.4. The van der Waals surface area contributed by atoms with E-state index >= 15 is 0 Å². The fourth-order valence-electron chi connectivity index (χ4n) is 4.66. The monoisotopic (exact) mass is 622 g/mol. The number of hydrogen-bond acceptors (Lipinski definition) is 10. The predicted molar refractivity (Wildman–Crippen MR) is 151 cm³/mol. The number of rotatable bonds is 4. The van der Waals surface area contributed by atoms with Crippen LogP contribution < -0.4 is 0 Å². The molecule has 0 radical (unpaired) electrons. The minimum absolute atomic E-state index is 0.0141. The van der Waals surface area contributed by atoms with Crippen molar-refractivity contribution >= 4 is 85.7 Å². The van der Waals surface area contributed by atoms with Gasteiger partial charge < -0.3 is 9.97 Å². The molecule has 0 fully saturated rings. The molecule has 0 unspecified atom stereocenters. The summed E-state index contributed by atoms with van der Waals surface area (Å²) < 4.78 is 103. The molecule has 5 rings (SSSR count). The van der Waals surface area contributed by atoms with Gasteiger partial charge in [-0.15, -0.1) is 0 Å². The van der Waals surface area contributed by atoms with E-state index in [1.165, 1.54) is 48.6 Å². The number of fused-ring (bicyclic) bond motifs is 8. The lowest BCUT2D eigenvalue weighted by Crippen LogP contribution is -2.05. The van der Waals surface area contributed by atoms with Crippen molar-refractivity contribution in [2.75, 3.05) is 25.0 Å². The molecule has 0 spiro atoms. The van der Waals surface area contributed by atoms with Crippen molar-refractivity contribution in [1.29, 1.82) is 0 Å². The topological polar surface area (TPSA) is 194 Å². The summed E-state index contributed by atoms with van der Waals surface area (Å²) in [5.74, 6) is 0. The molecule has 2 aliphatic rings. The maximum Gasteiger partial charge on any atom is 0.179 e. The van der Waals surface area contributed by atoms with Crippen LogP contribution in [0.4, 0.5) is 0 Å². The Labute approximate surface area is 230 Å². The molecule has 2 N–H and O–H groups in total. The summed E-state index contributed by atoms with van der Waals surface area (Å²) >= 11 is 0. The van der Waals surface area contributed by atoms with Crippen LogP contribution in [0.15, 0.2) is 43.8 Å². The second-order valence-corrected chi connectivity index (χ2v) is 17.2. The third-order valence-corrected chi connectivity index (χ3v) is 10.7. The SMILES string of the molecule is CS(=O)(=O)c1c2nc(c(S(C)(=O)=O)c3ccc([nH]3)c(S(C)(=O)=O)c3ccc([nH]3)c(S(C)(=O)=O)c3nc1C=C3)C=C2. The molecular weight excluding hydrogens is 601 g/mol. The second-order valence-electron chi connectivity index (χ2n) is 9.41. The van der Waals surface area contributed by atoms with Crippen LogP contribution in [0.2, 0.25) is 0 Å². The van der Waals surface area contributed by atoms with Gasteiger partial charge in [0.15, 0.2) is 39.3 Å². The highest BCUT2D eigenvalue weighted by Gasteiger charge is 2.26. The molecular formula is C24H22N4O8S4. The fourth-order valence-corrected chi connectivity index (χ4v) is 8.71. The highest BCUT2D eigenvalue weighted by Crippen LogP contribution is 2.32. The molecule has 0 aromatic carbocycles. The first-order valence-corrected chi connectivity index (χ1v) is 18.9. The van der Waals surface area contributed by atoms with Gasteiger partial charge in [-0.1, -0.05) is 0 Å². The summed E-state index contributed by atoms with van der Waals surface area (Å²) in [5.41, 5.74) is -0.287. The second kappa shape index (κ2) is 8.95. The number of hydrogen-bond donors (Lipinski definition) is 2. The third-order valence-electron chi connectivity index (χ3n) is 6.04. The Hall–Kier alpha value is -3.60. The van der Waals surface area contributed by atoms with Crippen LogP contribution in [-0.2, 0) is 39.3 Å². The highest BCUT2D eigenvalue weighted by atomic mass is 32.2. The molecule has 2 aliphatic heterocycles. The lowest BCUT2D eigenvalue weighted by molar-refractivity contribution is 0.600. The number of aromatic nitrogens is 4. The first-order valence-electron chi connectivity index (χ1n) is 11.3. The lowest BCUT2D eigenvalue weighted by atomic mass is 10.3. The molecule has 0 aliphatic carbocycles. The number of aromatic amines is 2. The third kappa shape index (κ3) is 4.91. The van der Waals surface area contributed by atoms with Crippen LogP contribution in [-0.4, -0.2) is 78.6 Å². The minimum atomic E-state index is -4.01. The van der Waals surface area contributed by atoms with Gasteiger partial charge >= 0.3 is 0 Å². The van der Waals surface area contributed by atoms with Gasteiger partial charge in [0.25, 0.3) is 0 Å². The van der Waals surface area contributed by atoms with E-state index in [2.05, 4.69) is 19.9 Å². The largest absolute Gasteiger partial charge is 0.353 e. The molecule has 5 heterocycles. The van der Waals surface area contributed by atoms with E-state index in [0.29, 0.717) is 0 Å². The summed E-state index contributed by atoms with van der Waals surface area (Å²) in [7, 11) is -15.9. The molecule has 40 heavy (non-hydrogen) atoms. The normalized spacial score (nSPS) is 14.1.